The van der Waals surface area contributed by atoms with E-state index in [-0.39, 0.29) is 12.4 Å². The van der Waals surface area contributed by atoms with Crippen molar-refractivity contribution in [1.29, 1.82) is 0 Å². The molecule has 0 bridgehead atoms. The van der Waals surface area contributed by atoms with Crippen molar-refractivity contribution >= 4 is 11.8 Å². The monoisotopic (exact) mass is 316 g/mol. The summed E-state index contributed by atoms with van der Waals surface area (Å²) in [5, 5.41) is 10.1. The van der Waals surface area contributed by atoms with Crippen molar-refractivity contribution in [3.8, 4) is 0 Å². The number of hydrogen-bond acceptors (Lipinski definition) is 4. The molecule has 0 saturated carbocycles. The normalized spacial score (nSPS) is 23.3. The van der Waals surface area contributed by atoms with Gasteiger partial charge in [-0.15, -0.1) is 0 Å². The van der Waals surface area contributed by atoms with Crippen LogP contribution >= 0.6 is 0 Å². The van der Waals surface area contributed by atoms with E-state index < -0.39 is 17.2 Å². The predicted molar refractivity (Wildman–Crippen MR) is 88.8 cm³/mol. The summed E-state index contributed by atoms with van der Waals surface area (Å²) in [6.45, 7) is 6.14. The second kappa shape index (κ2) is 6.99. The number of esters is 1. The average Bonchev–Trinajstić information content (AvgIpc) is 2.51. The highest BCUT2D eigenvalue weighted by molar-refractivity contribution is 6.06. The molecular formula is C19H24O4. The second-order valence-corrected chi connectivity index (χ2v) is 6.28. The molecule has 2 rings (SSSR count). The lowest BCUT2D eigenvalue weighted by atomic mass is 9.66. The highest BCUT2D eigenvalue weighted by Gasteiger charge is 2.47. The molecule has 2 aliphatic carbocycles. The maximum absolute atomic E-state index is 12.6. The second-order valence-electron chi connectivity index (χ2n) is 6.28. The summed E-state index contributed by atoms with van der Waals surface area (Å²) in [6, 6.07) is 0. The standard InChI is InChI=1S/C19H24O4/c1-4-23-18(22)19-11-10-16(20)17(21)15(19)9-8-14(12-19)7-5-6-13(2)3/h6,8,10-11,21H,4-5,7,9,12H2,1-3H3. The number of hydrogen-bond donors (Lipinski definition) is 1. The molecule has 0 aromatic rings. The van der Waals surface area contributed by atoms with Crippen molar-refractivity contribution in [2.75, 3.05) is 6.61 Å². The molecular weight excluding hydrogens is 292 g/mol. The molecule has 2 aliphatic rings. The molecule has 4 nitrogen and oxygen atoms in total. The molecule has 1 unspecified atom stereocenters. The minimum atomic E-state index is -1.02. The van der Waals surface area contributed by atoms with Crippen LogP contribution in [0.1, 0.15) is 46.5 Å². The number of aliphatic hydroxyl groups is 1. The summed E-state index contributed by atoms with van der Waals surface area (Å²) in [5.41, 5.74) is 1.87. The molecule has 0 aliphatic heterocycles. The van der Waals surface area contributed by atoms with E-state index in [0.29, 0.717) is 18.4 Å². The van der Waals surface area contributed by atoms with Gasteiger partial charge >= 0.3 is 5.97 Å². The van der Waals surface area contributed by atoms with Gasteiger partial charge in [0.15, 0.2) is 5.76 Å². The Morgan fingerprint density at radius 2 is 2.17 bits per heavy atom. The number of aliphatic hydroxyl groups excluding tert-OH is 1. The first-order valence-electron chi connectivity index (χ1n) is 8.05. The Hall–Kier alpha value is -2.10. The van der Waals surface area contributed by atoms with Crippen LogP contribution in [-0.2, 0) is 14.3 Å². The molecule has 0 fully saturated rings. The smallest absolute Gasteiger partial charge is 0.320 e. The molecule has 0 heterocycles. The third-order valence-corrected chi connectivity index (χ3v) is 4.34. The number of carbonyl (C=O) groups is 2. The fourth-order valence-corrected chi connectivity index (χ4v) is 3.14. The zero-order valence-electron chi connectivity index (χ0n) is 14.0. The minimum Gasteiger partial charge on any atom is -0.504 e. The first-order valence-corrected chi connectivity index (χ1v) is 8.05. The number of allylic oxidation sites excluding steroid dienone is 5. The van der Waals surface area contributed by atoms with E-state index >= 15 is 0 Å². The summed E-state index contributed by atoms with van der Waals surface area (Å²) in [7, 11) is 0. The van der Waals surface area contributed by atoms with Crippen molar-refractivity contribution in [3.05, 3.63) is 46.8 Å². The Labute approximate surface area is 137 Å². The molecule has 1 N–H and O–H groups in total. The molecule has 23 heavy (non-hydrogen) atoms. The first kappa shape index (κ1) is 17.3. The number of ether oxygens (including phenoxy) is 1. The third-order valence-electron chi connectivity index (χ3n) is 4.34. The van der Waals surface area contributed by atoms with Crippen LogP contribution in [0.15, 0.2) is 46.8 Å². The van der Waals surface area contributed by atoms with Gasteiger partial charge in [0.05, 0.1) is 6.61 Å². The quantitative estimate of drug-likeness (QED) is 0.616. The van der Waals surface area contributed by atoms with Crippen LogP contribution in [0, 0.1) is 5.41 Å². The molecule has 0 aromatic carbocycles. The molecule has 4 heteroatoms. The Morgan fingerprint density at radius 1 is 1.43 bits per heavy atom. The van der Waals surface area contributed by atoms with Crippen LogP contribution in [0.2, 0.25) is 0 Å². The average molecular weight is 316 g/mol. The molecule has 0 aromatic heterocycles. The summed E-state index contributed by atoms with van der Waals surface area (Å²) in [4.78, 5) is 24.3. The van der Waals surface area contributed by atoms with Gasteiger partial charge in [-0.25, -0.2) is 0 Å². The fraction of sp³-hybridized carbons (Fsp3) is 0.474. The topological polar surface area (TPSA) is 63.6 Å². The Kier molecular flexibility index (Phi) is 5.24. The Morgan fingerprint density at radius 3 is 2.83 bits per heavy atom. The maximum atomic E-state index is 12.6. The summed E-state index contributed by atoms with van der Waals surface area (Å²) >= 11 is 0. The van der Waals surface area contributed by atoms with Crippen molar-refractivity contribution in [2.45, 2.75) is 46.5 Å². The molecule has 1 atom stereocenters. The molecule has 0 radical (unpaired) electrons. The van der Waals surface area contributed by atoms with Gasteiger partial charge in [0, 0.05) is 5.57 Å². The zero-order valence-corrected chi connectivity index (χ0v) is 14.0. The summed E-state index contributed by atoms with van der Waals surface area (Å²) in [5.74, 6) is -1.14. The lowest BCUT2D eigenvalue weighted by Crippen LogP contribution is -2.39. The first-order chi connectivity index (χ1) is 10.9. The molecule has 0 spiro atoms. The Bertz CT molecular complexity index is 630. The van der Waals surface area contributed by atoms with Gasteiger partial charge in [-0.2, -0.15) is 0 Å². The van der Waals surface area contributed by atoms with E-state index in [2.05, 4.69) is 19.9 Å². The number of ketones is 1. The largest absolute Gasteiger partial charge is 0.504 e. The highest BCUT2D eigenvalue weighted by Crippen LogP contribution is 2.47. The lowest BCUT2D eigenvalue weighted by molar-refractivity contribution is -0.150. The van der Waals surface area contributed by atoms with Crippen LogP contribution < -0.4 is 0 Å². The maximum Gasteiger partial charge on any atom is 0.320 e. The van der Waals surface area contributed by atoms with Gasteiger partial charge in [-0.1, -0.05) is 29.4 Å². The Balaban J connectivity index is 2.32. The van der Waals surface area contributed by atoms with E-state index in [0.717, 1.165) is 18.4 Å². The van der Waals surface area contributed by atoms with Crippen molar-refractivity contribution < 1.29 is 19.4 Å². The fourth-order valence-electron chi connectivity index (χ4n) is 3.14. The van der Waals surface area contributed by atoms with Crippen LogP contribution in [0.3, 0.4) is 0 Å². The highest BCUT2D eigenvalue weighted by atomic mass is 16.5. The number of carbonyl (C=O) groups excluding carboxylic acids is 2. The van der Waals surface area contributed by atoms with E-state index in [1.54, 1.807) is 13.0 Å². The van der Waals surface area contributed by atoms with E-state index in [4.69, 9.17) is 4.74 Å². The van der Waals surface area contributed by atoms with Gasteiger partial charge in [-0.3, -0.25) is 9.59 Å². The number of rotatable bonds is 5. The zero-order chi connectivity index (χ0) is 17.0. The van der Waals surface area contributed by atoms with Crippen LogP contribution in [0.5, 0.6) is 0 Å². The van der Waals surface area contributed by atoms with Crippen molar-refractivity contribution in [3.63, 3.8) is 0 Å². The molecule has 0 saturated heterocycles. The minimum absolute atomic E-state index is 0.271. The van der Waals surface area contributed by atoms with Crippen LogP contribution in [-0.4, -0.2) is 23.5 Å². The van der Waals surface area contributed by atoms with Crippen LogP contribution in [0.4, 0.5) is 0 Å². The number of fused-ring (bicyclic) bond motifs is 1. The predicted octanol–water partition coefficient (Wildman–Crippen LogP) is 3.95. The van der Waals surface area contributed by atoms with E-state index in [1.807, 2.05) is 6.08 Å². The van der Waals surface area contributed by atoms with Crippen molar-refractivity contribution in [1.82, 2.24) is 0 Å². The van der Waals surface area contributed by atoms with Gasteiger partial charge in [0.1, 0.15) is 5.41 Å². The van der Waals surface area contributed by atoms with Crippen molar-refractivity contribution in [2.24, 2.45) is 5.41 Å². The van der Waals surface area contributed by atoms with Gasteiger partial charge in [0.25, 0.3) is 0 Å². The van der Waals surface area contributed by atoms with Gasteiger partial charge < -0.3 is 9.84 Å². The summed E-state index contributed by atoms with van der Waals surface area (Å²) < 4.78 is 5.23. The summed E-state index contributed by atoms with van der Waals surface area (Å²) in [6.07, 6.45) is 9.74. The molecule has 0 amide bonds. The lowest BCUT2D eigenvalue weighted by Gasteiger charge is -2.37. The van der Waals surface area contributed by atoms with Crippen LogP contribution in [0.25, 0.3) is 0 Å². The van der Waals surface area contributed by atoms with E-state index in [9.17, 15) is 14.7 Å². The SMILES string of the molecule is CCOC(=O)C12C=CC(=O)C(O)=C1CC=C(CCC=C(C)C)C2. The van der Waals surface area contributed by atoms with Gasteiger partial charge in [0.2, 0.25) is 5.78 Å². The van der Waals surface area contributed by atoms with Gasteiger partial charge in [-0.05, 0) is 52.5 Å². The molecule has 124 valence electrons. The van der Waals surface area contributed by atoms with E-state index in [1.165, 1.54) is 11.6 Å². The third kappa shape index (κ3) is 3.46.